The SMILES string of the molecule is COc1cccc(Cc2nc(S(N)(=O)=O)n[nH]2)c1. The Kier molecular flexibility index (Phi) is 3.30. The lowest BCUT2D eigenvalue weighted by molar-refractivity contribution is 0.414. The van der Waals surface area contributed by atoms with Crippen LogP contribution in [-0.2, 0) is 16.4 Å². The molecule has 0 atom stereocenters. The van der Waals surface area contributed by atoms with Gasteiger partial charge < -0.3 is 4.74 Å². The van der Waals surface area contributed by atoms with Crippen molar-refractivity contribution in [1.29, 1.82) is 0 Å². The van der Waals surface area contributed by atoms with Crippen LogP contribution in [0, 0.1) is 0 Å². The van der Waals surface area contributed by atoms with Crippen LogP contribution in [0.5, 0.6) is 5.75 Å². The van der Waals surface area contributed by atoms with E-state index >= 15 is 0 Å². The number of primary sulfonamides is 1. The molecular weight excluding hydrogens is 256 g/mol. The third-order valence-corrected chi connectivity index (χ3v) is 2.96. The van der Waals surface area contributed by atoms with Crippen LogP contribution in [0.25, 0.3) is 0 Å². The van der Waals surface area contributed by atoms with Gasteiger partial charge in [0.1, 0.15) is 11.6 Å². The summed E-state index contributed by atoms with van der Waals surface area (Å²) in [6.07, 6.45) is 0.416. The molecule has 1 aromatic heterocycles. The van der Waals surface area contributed by atoms with Gasteiger partial charge in [-0.3, -0.25) is 5.10 Å². The Morgan fingerprint density at radius 3 is 2.83 bits per heavy atom. The molecule has 0 saturated carbocycles. The number of H-pyrrole nitrogens is 1. The van der Waals surface area contributed by atoms with Gasteiger partial charge in [0.25, 0.3) is 15.2 Å². The zero-order valence-corrected chi connectivity index (χ0v) is 10.4. The van der Waals surface area contributed by atoms with Gasteiger partial charge in [-0.05, 0) is 17.7 Å². The van der Waals surface area contributed by atoms with Crippen LogP contribution in [0.2, 0.25) is 0 Å². The molecule has 0 fully saturated rings. The van der Waals surface area contributed by atoms with E-state index in [1.165, 1.54) is 0 Å². The Hall–Kier alpha value is -1.93. The van der Waals surface area contributed by atoms with Crippen LogP contribution in [0.3, 0.4) is 0 Å². The van der Waals surface area contributed by atoms with Crippen molar-refractivity contribution in [2.24, 2.45) is 5.14 Å². The van der Waals surface area contributed by atoms with Crippen molar-refractivity contribution in [3.05, 3.63) is 35.7 Å². The first kappa shape index (κ1) is 12.5. The Morgan fingerprint density at radius 2 is 2.22 bits per heavy atom. The van der Waals surface area contributed by atoms with Crippen molar-refractivity contribution in [2.75, 3.05) is 7.11 Å². The number of nitrogens with one attached hydrogen (secondary N) is 1. The number of hydrogen-bond donors (Lipinski definition) is 2. The smallest absolute Gasteiger partial charge is 0.282 e. The van der Waals surface area contributed by atoms with Crippen molar-refractivity contribution in [3.8, 4) is 5.75 Å². The quantitative estimate of drug-likeness (QED) is 0.814. The fraction of sp³-hybridized carbons (Fsp3) is 0.200. The van der Waals surface area contributed by atoms with Crippen LogP contribution in [-0.4, -0.2) is 30.7 Å². The molecule has 0 aliphatic rings. The first-order valence-corrected chi connectivity index (χ1v) is 6.60. The number of aromatic amines is 1. The molecule has 7 nitrogen and oxygen atoms in total. The number of ether oxygens (including phenoxy) is 1. The molecule has 18 heavy (non-hydrogen) atoms. The molecule has 0 spiro atoms. The highest BCUT2D eigenvalue weighted by Crippen LogP contribution is 2.14. The first-order valence-electron chi connectivity index (χ1n) is 5.06. The van der Waals surface area contributed by atoms with Crippen molar-refractivity contribution >= 4 is 10.0 Å². The van der Waals surface area contributed by atoms with Crippen LogP contribution >= 0.6 is 0 Å². The van der Waals surface area contributed by atoms with E-state index < -0.39 is 15.2 Å². The van der Waals surface area contributed by atoms with E-state index in [0.717, 1.165) is 11.3 Å². The average molecular weight is 268 g/mol. The predicted molar refractivity (Wildman–Crippen MR) is 63.6 cm³/mol. The van der Waals surface area contributed by atoms with Gasteiger partial charge in [-0.1, -0.05) is 12.1 Å². The summed E-state index contributed by atoms with van der Waals surface area (Å²) in [6, 6.07) is 7.37. The number of benzene rings is 1. The lowest BCUT2D eigenvalue weighted by Crippen LogP contribution is -2.13. The Balaban J connectivity index is 2.21. The minimum atomic E-state index is -3.87. The average Bonchev–Trinajstić information content (AvgIpc) is 2.77. The number of methoxy groups -OCH3 is 1. The van der Waals surface area contributed by atoms with Crippen LogP contribution in [0.1, 0.15) is 11.4 Å². The molecule has 1 heterocycles. The van der Waals surface area contributed by atoms with Gasteiger partial charge in [-0.25, -0.2) is 18.5 Å². The van der Waals surface area contributed by atoms with E-state index in [1.54, 1.807) is 7.11 Å². The molecule has 3 N–H and O–H groups in total. The zero-order chi connectivity index (χ0) is 13.2. The molecule has 0 amide bonds. The molecule has 96 valence electrons. The van der Waals surface area contributed by atoms with E-state index in [9.17, 15) is 8.42 Å². The maximum Gasteiger partial charge on any atom is 0.282 e. The molecular formula is C10H12N4O3S. The number of nitrogens with two attached hydrogens (primary N) is 1. The van der Waals surface area contributed by atoms with Crippen LogP contribution < -0.4 is 9.88 Å². The molecule has 0 unspecified atom stereocenters. The summed E-state index contributed by atoms with van der Waals surface area (Å²) in [5, 5.41) is 10.6. The fourth-order valence-corrected chi connectivity index (χ4v) is 1.87. The molecule has 0 radical (unpaired) electrons. The van der Waals surface area contributed by atoms with E-state index in [-0.39, 0.29) is 0 Å². The molecule has 2 aromatic rings. The predicted octanol–water partition coefficient (Wildman–Crippen LogP) is 0.0515. The maximum atomic E-state index is 11.0. The minimum Gasteiger partial charge on any atom is -0.497 e. The highest BCUT2D eigenvalue weighted by atomic mass is 32.2. The van der Waals surface area contributed by atoms with Crippen molar-refractivity contribution < 1.29 is 13.2 Å². The fourth-order valence-electron chi connectivity index (χ4n) is 1.46. The molecule has 1 aromatic carbocycles. The number of aromatic nitrogens is 3. The van der Waals surface area contributed by atoms with Gasteiger partial charge in [0.15, 0.2) is 0 Å². The largest absolute Gasteiger partial charge is 0.497 e. The summed E-state index contributed by atoms with van der Waals surface area (Å²) in [6.45, 7) is 0. The Labute approximate surface area is 104 Å². The molecule has 0 saturated heterocycles. The molecule has 0 aliphatic carbocycles. The summed E-state index contributed by atoms with van der Waals surface area (Å²) >= 11 is 0. The summed E-state index contributed by atoms with van der Waals surface area (Å²) in [7, 11) is -2.29. The van der Waals surface area contributed by atoms with E-state index in [4.69, 9.17) is 9.88 Å². The third-order valence-electron chi connectivity index (χ3n) is 2.27. The second-order valence-electron chi connectivity index (χ2n) is 3.64. The normalized spacial score (nSPS) is 11.4. The molecule has 0 bridgehead atoms. The van der Waals surface area contributed by atoms with Gasteiger partial charge >= 0.3 is 0 Å². The maximum absolute atomic E-state index is 11.0. The minimum absolute atomic E-state index is 0.402. The lowest BCUT2D eigenvalue weighted by atomic mass is 10.1. The molecule has 0 aliphatic heterocycles. The third kappa shape index (κ3) is 2.84. The van der Waals surface area contributed by atoms with Crippen LogP contribution in [0.15, 0.2) is 29.4 Å². The second-order valence-corrected chi connectivity index (χ2v) is 5.09. The van der Waals surface area contributed by atoms with E-state index in [2.05, 4.69) is 15.2 Å². The van der Waals surface area contributed by atoms with Crippen LogP contribution in [0.4, 0.5) is 0 Å². The van der Waals surface area contributed by atoms with Gasteiger partial charge in [0.2, 0.25) is 0 Å². The number of sulfonamides is 1. The summed E-state index contributed by atoms with van der Waals surface area (Å²) in [5.41, 5.74) is 0.923. The van der Waals surface area contributed by atoms with E-state index in [1.807, 2.05) is 24.3 Å². The zero-order valence-electron chi connectivity index (χ0n) is 9.62. The highest BCUT2D eigenvalue weighted by Gasteiger charge is 2.14. The monoisotopic (exact) mass is 268 g/mol. The van der Waals surface area contributed by atoms with Gasteiger partial charge in [0, 0.05) is 6.42 Å². The van der Waals surface area contributed by atoms with Crippen molar-refractivity contribution in [3.63, 3.8) is 0 Å². The summed E-state index contributed by atoms with van der Waals surface area (Å²) in [5.74, 6) is 1.14. The standard InChI is InChI=1S/C10H12N4O3S/c1-17-8-4-2-3-7(5-8)6-9-12-10(14-13-9)18(11,15)16/h2-5H,6H2,1H3,(H2,11,15,16)(H,12,13,14). The Morgan fingerprint density at radius 1 is 1.44 bits per heavy atom. The highest BCUT2D eigenvalue weighted by molar-refractivity contribution is 7.89. The lowest BCUT2D eigenvalue weighted by Gasteiger charge is -2.02. The topological polar surface area (TPSA) is 111 Å². The summed E-state index contributed by atoms with van der Waals surface area (Å²) in [4.78, 5) is 3.81. The first-order chi connectivity index (χ1) is 8.49. The number of rotatable bonds is 4. The van der Waals surface area contributed by atoms with E-state index in [0.29, 0.717) is 12.2 Å². The Bertz CT molecular complexity index is 651. The van der Waals surface area contributed by atoms with Gasteiger partial charge in [0.05, 0.1) is 7.11 Å². The number of nitrogens with zero attached hydrogens (tertiary/aromatic N) is 2. The van der Waals surface area contributed by atoms with Gasteiger partial charge in [-0.15, -0.1) is 5.10 Å². The second kappa shape index (κ2) is 4.75. The molecule has 8 heteroatoms. The van der Waals surface area contributed by atoms with Gasteiger partial charge in [-0.2, -0.15) is 0 Å². The van der Waals surface area contributed by atoms with Crippen molar-refractivity contribution in [1.82, 2.24) is 15.2 Å². The van der Waals surface area contributed by atoms with Crippen molar-refractivity contribution in [2.45, 2.75) is 11.6 Å². The summed E-state index contributed by atoms with van der Waals surface area (Å²) < 4.78 is 27.1. The molecule has 2 rings (SSSR count). The number of hydrogen-bond acceptors (Lipinski definition) is 5.